The van der Waals surface area contributed by atoms with E-state index in [1.54, 1.807) is 0 Å². The molecule has 0 amide bonds. The Morgan fingerprint density at radius 2 is 2.22 bits per heavy atom. The van der Waals surface area contributed by atoms with Crippen molar-refractivity contribution in [3.8, 4) is 0 Å². The van der Waals surface area contributed by atoms with Crippen LogP contribution in [0, 0.1) is 6.92 Å². The molecule has 23 heavy (non-hydrogen) atoms. The van der Waals surface area contributed by atoms with E-state index in [4.69, 9.17) is 0 Å². The highest BCUT2D eigenvalue weighted by molar-refractivity contribution is 7.10. The maximum absolute atomic E-state index is 4.54. The van der Waals surface area contributed by atoms with Gasteiger partial charge in [-0.05, 0) is 44.1 Å². The van der Waals surface area contributed by atoms with Crippen LogP contribution in [0.1, 0.15) is 22.2 Å². The lowest BCUT2D eigenvalue weighted by Crippen LogP contribution is -2.30. The van der Waals surface area contributed by atoms with Crippen LogP contribution in [-0.4, -0.2) is 40.3 Å². The topological polar surface area (TPSA) is 46.0 Å². The summed E-state index contributed by atoms with van der Waals surface area (Å²) in [7, 11) is 6.18. The Hall–Kier alpha value is -1.76. The molecule has 1 atom stereocenters. The standard InChI is InChI=1S/C17H23N5S/c1-12-14-8-13(10-19-17(14)22(4)20-12)9-18-11-15(21(2)3)16-6-5-7-23-16/h5-8,10,15,18H,9,11H2,1-4H3/t15-/m1/s1. The highest BCUT2D eigenvalue weighted by Crippen LogP contribution is 2.22. The molecule has 0 aliphatic carbocycles. The van der Waals surface area contributed by atoms with Crippen molar-refractivity contribution in [2.24, 2.45) is 7.05 Å². The Morgan fingerprint density at radius 3 is 2.91 bits per heavy atom. The molecule has 0 saturated heterocycles. The summed E-state index contributed by atoms with van der Waals surface area (Å²) in [6, 6.07) is 6.89. The second kappa shape index (κ2) is 6.78. The van der Waals surface area contributed by atoms with Crippen LogP contribution in [-0.2, 0) is 13.6 Å². The molecule has 3 aromatic rings. The average Bonchev–Trinajstić information content (AvgIpc) is 3.13. The number of hydrogen-bond acceptors (Lipinski definition) is 5. The molecular weight excluding hydrogens is 306 g/mol. The third kappa shape index (κ3) is 3.44. The molecule has 3 aromatic heterocycles. The summed E-state index contributed by atoms with van der Waals surface area (Å²) < 4.78 is 1.83. The molecule has 5 nitrogen and oxygen atoms in total. The molecule has 0 bridgehead atoms. The largest absolute Gasteiger partial charge is 0.311 e. The van der Waals surface area contributed by atoms with E-state index >= 15 is 0 Å². The predicted octanol–water partition coefficient (Wildman–Crippen LogP) is 2.73. The van der Waals surface area contributed by atoms with E-state index in [9.17, 15) is 0 Å². The summed E-state index contributed by atoms with van der Waals surface area (Å²) in [5, 5.41) is 11.3. The normalized spacial score (nSPS) is 13.1. The smallest absolute Gasteiger partial charge is 0.157 e. The Morgan fingerprint density at radius 1 is 1.39 bits per heavy atom. The fraction of sp³-hybridized carbons (Fsp3) is 0.412. The van der Waals surface area contributed by atoms with E-state index in [2.05, 4.69) is 58.0 Å². The van der Waals surface area contributed by atoms with Crippen LogP contribution in [0.5, 0.6) is 0 Å². The Balaban J connectivity index is 1.67. The lowest BCUT2D eigenvalue weighted by Gasteiger charge is -2.23. The Bertz CT molecular complexity index is 776. The van der Waals surface area contributed by atoms with Gasteiger partial charge in [0.1, 0.15) is 0 Å². The van der Waals surface area contributed by atoms with E-state index in [1.165, 1.54) is 10.4 Å². The van der Waals surface area contributed by atoms with E-state index in [0.717, 1.165) is 29.8 Å². The maximum Gasteiger partial charge on any atom is 0.157 e. The van der Waals surface area contributed by atoms with Crippen molar-refractivity contribution in [3.63, 3.8) is 0 Å². The van der Waals surface area contributed by atoms with Crippen molar-refractivity contribution in [2.75, 3.05) is 20.6 Å². The minimum atomic E-state index is 0.395. The van der Waals surface area contributed by atoms with Gasteiger partial charge in [0.25, 0.3) is 0 Å². The summed E-state index contributed by atoms with van der Waals surface area (Å²) in [6.07, 6.45) is 1.94. The summed E-state index contributed by atoms with van der Waals surface area (Å²) in [4.78, 5) is 8.18. The van der Waals surface area contributed by atoms with Gasteiger partial charge in [-0.15, -0.1) is 11.3 Å². The molecule has 0 radical (unpaired) electrons. The SMILES string of the molecule is Cc1nn(C)c2ncc(CNC[C@H](c3cccs3)N(C)C)cc12. The van der Waals surface area contributed by atoms with Crippen LogP contribution in [0.3, 0.4) is 0 Å². The Labute approximate surface area is 141 Å². The first-order valence-corrected chi connectivity index (χ1v) is 8.63. The zero-order chi connectivity index (χ0) is 16.4. The van der Waals surface area contributed by atoms with Gasteiger partial charge in [0.2, 0.25) is 0 Å². The van der Waals surface area contributed by atoms with Crippen molar-refractivity contribution in [1.29, 1.82) is 0 Å². The van der Waals surface area contributed by atoms with Crippen molar-refractivity contribution in [2.45, 2.75) is 19.5 Å². The third-order valence-electron chi connectivity index (χ3n) is 4.08. The fourth-order valence-corrected chi connectivity index (χ4v) is 3.74. The van der Waals surface area contributed by atoms with Crippen molar-refractivity contribution >= 4 is 22.4 Å². The van der Waals surface area contributed by atoms with Gasteiger partial charge in [-0.2, -0.15) is 5.10 Å². The highest BCUT2D eigenvalue weighted by Gasteiger charge is 2.14. The molecule has 1 N–H and O–H groups in total. The highest BCUT2D eigenvalue weighted by atomic mass is 32.1. The van der Waals surface area contributed by atoms with Gasteiger partial charge in [-0.1, -0.05) is 6.07 Å². The number of nitrogens with zero attached hydrogens (tertiary/aromatic N) is 4. The number of rotatable bonds is 6. The Kier molecular flexibility index (Phi) is 4.75. The van der Waals surface area contributed by atoms with Crippen molar-refractivity contribution in [3.05, 3.63) is 45.9 Å². The van der Waals surface area contributed by atoms with Crippen LogP contribution in [0.15, 0.2) is 29.8 Å². The molecule has 0 unspecified atom stereocenters. The zero-order valence-electron chi connectivity index (χ0n) is 14.1. The molecule has 0 saturated carbocycles. The van der Waals surface area contributed by atoms with Crippen LogP contribution < -0.4 is 5.32 Å². The third-order valence-corrected chi connectivity index (χ3v) is 5.05. The summed E-state index contributed by atoms with van der Waals surface area (Å²) in [5.74, 6) is 0. The minimum Gasteiger partial charge on any atom is -0.311 e. The lowest BCUT2D eigenvalue weighted by molar-refractivity contribution is 0.292. The predicted molar refractivity (Wildman–Crippen MR) is 95.7 cm³/mol. The number of pyridine rings is 1. The number of thiophene rings is 1. The van der Waals surface area contributed by atoms with Crippen LogP contribution in [0.4, 0.5) is 0 Å². The summed E-state index contributed by atoms with van der Waals surface area (Å²) in [6.45, 7) is 3.75. The molecule has 122 valence electrons. The van der Waals surface area contributed by atoms with Gasteiger partial charge in [-0.25, -0.2) is 4.98 Å². The first-order chi connectivity index (χ1) is 11.1. The molecule has 0 aromatic carbocycles. The second-order valence-corrected chi connectivity index (χ2v) is 7.03. The van der Waals surface area contributed by atoms with Crippen LogP contribution in [0.2, 0.25) is 0 Å². The second-order valence-electron chi connectivity index (χ2n) is 6.05. The number of aromatic nitrogens is 3. The number of aryl methyl sites for hydroxylation is 2. The van der Waals surface area contributed by atoms with E-state index in [1.807, 2.05) is 36.2 Å². The fourth-order valence-electron chi connectivity index (χ4n) is 2.82. The zero-order valence-corrected chi connectivity index (χ0v) is 14.9. The van der Waals surface area contributed by atoms with E-state index < -0.39 is 0 Å². The minimum absolute atomic E-state index is 0.395. The number of nitrogens with one attached hydrogen (secondary N) is 1. The maximum atomic E-state index is 4.54. The molecule has 0 aliphatic heterocycles. The first kappa shape index (κ1) is 16.1. The first-order valence-electron chi connectivity index (χ1n) is 7.75. The molecule has 3 rings (SSSR count). The van der Waals surface area contributed by atoms with Gasteiger partial charge in [0.15, 0.2) is 5.65 Å². The monoisotopic (exact) mass is 329 g/mol. The molecule has 0 aliphatic rings. The lowest BCUT2D eigenvalue weighted by atomic mass is 10.2. The van der Waals surface area contributed by atoms with Gasteiger partial charge in [-0.3, -0.25) is 4.68 Å². The molecular formula is C17H23N5S. The molecule has 3 heterocycles. The number of likely N-dealkylation sites (N-methyl/N-ethyl adjacent to an activating group) is 1. The number of hydrogen-bond donors (Lipinski definition) is 1. The average molecular weight is 329 g/mol. The van der Waals surface area contributed by atoms with Gasteiger partial charge < -0.3 is 10.2 Å². The molecule has 0 fully saturated rings. The van der Waals surface area contributed by atoms with Gasteiger partial charge in [0, 0.05) is 36.6 Å². The number of fused-ring (bicyclic) bond motifs is 1. The summed E-state index contributed by atoms with van der Waals surface area (Å²) >= 11 is 1.81. The van der Waals surface area contributed by atoms with E-state index in [0.29, 0.717) is 6.04 Å². The van der Waals surface area contributed by atoms with Gasteiger partial charge in [0.05, 0.1) is 11.7 Å². The van der Waals surface area contributed by atoms with Crippen molar-refractivity contribution in [1.82, 2.24) is 25.0 Å². The van der Waals surface area contributed by atoms with E-state index in [-0.39, 0.29) is 0 Å². The molecule has 0 spiro atoms. The van der Waals surface area contributed by atoms with Gasteiger partial charge >= 0.3 is 0 Å². The van der Waals surface area contributed by atoms with Crippen molar-refractivity contribution < 1.29 is 0 Å². The summed E-state index contributed by atoms with van der Waals surface area (Å²) in [5.41, 5.74) is 3.16. The van der Waals surface area contributed by atoms with Crippen LogP contribution in [0.25, 0.3) is 11.0 Å². The molecule has 6 heteroatoms. The quantitative estimate of drug-likeness (QED) is 0.755. The van der Waals surface area contributed by atoms with Crippen LogP contribution >= 0.6 is 11.3 Å².